The number of aromatic amines is 1. The van der Waals surface area contributed by atoms with Crippen LogP contribution in [0.2, 0.25) is 0 Å². The number of anilines is 1. The van der Waals surface area contributed by atoms with Crippen LogP contribution in [0.5, 0.6) is 0 Å². The molecule has 0 radical (unpaired) electrons. The van der Waals surface area contributed by atoms with Crippen LogP contribution in [0.25, 0.3) is 0 Å². The lowest BCUT2D eigenvalue weighted by Crippen LogP contribution is -2.16. The molecular weight excluding hydrogens is 288 g/mol. The maximum atomic E-state index is 12.0. The Bertz CT molecular complexity index is 676. The lowest BCUT2D eigenvalue weighted by atomic mass is 10.1. The summed E-state index contributed by atoms with van der Waals surface area (Å²) in [4.78, 5) is 0. The Kier molecular flexibility index (Phi) is 3.94. The summed E-state index contributed by atoms with van der Waals surface area (Å²) in [6.45, 7) is 0.838. The predicted molar refractivity (Wildman–Crippen MR) is 81.1 cm³/mol. The van der Waals surface area contributed by atoms with Crippen molar-refractivity contribution in [3.63, 3.8) is 0 Å². The molecular formula is C14H18N4O2S. The van der Waals surface area contributed by atoms with Crippen LogP contribution in [0.3, 0.4) is 0 Å². The number of nitrogens with one attached hydrogen (secondary N) is 3. The fourth-order valence-corrected chi connectivity index (χ4v) is 3.22. The maximum absolute atomic E-state index is 12.0. The highest BCUT2D eigenvalue weighted by atomic mass is 32.2. The molecule has 0 spiro atoms. The zero-order chi connectivity index (χ0) is 14.7. The van der Waals surface area contributed by atoms with Gasteiger partial charge in [-0.2, -0.15) is 5.10 Å². The average Bonchev–Trinajstić information content (AvgIpc) is 3.14. The number of hydrogen-bond donors (Lipinski definition) is 3. The molecule has 3 N–H and O–H groups in total. The van der Waals surface area contributed by atoms with E-state index in [1.54, 1.807) is 0 Å². The molecule has 1 aliphatic rings. The Morgan fingerprint density at radius 2 is 1.90 bits per heavy atom. The summed E-state index contributed by atoms with van der Waals surface area (Å²) in [5.41, 5.74) is 2.38. The van der Waals surface area contributed by atoms with Crippen LogP contribution in [-0.2, 0) is 22.3 Å². The smallest absolute Gasteiger partial charge is 0.237 e. The van der Waals surface area contributed by atoms with Crippen molar-refractivity contribution in [1.82, 2.24) is 15.5 Å². The number of nitrogens with zero attached hydrogens (tertiary/aromatic N) is 1. The van der Waals surface area contributed by atoms with E-state index < -0.39 is 10.0 Å². The largest absolute Gasteiger partial charge is 0.310 e. The van der Waals surface area contributed by atoms with Crippen LogP contribution in [0, 0.1) is 0 Å². The van der Waals surface area contributed by atoms with Gasteiger partial charge in [-0.1, -0.05) is 24.3 Å². The molecule has 112 valence electrons. The highest BCUT2D eigenvalue weighted by Crippen LogP contribution is 2.19. The van der Waals surface area contributed by atoms with E-state index in [0.717, 1.165) is 12.1 Å². The normalized spacial score (nSPS) is 15.0. The third-order valence-electron chi connectivity index (χ3n) is 3.32. The molecule has 0 atom stereocenters. The van der Waals surface area contributed by atoms with E-state index in [2.05, 4.69) is 20.2 Å². The lowest BCUT2D eigenvalue weighted by Gasteiger charge is -2.07. The van der Waals surface area contributed by atoms with Gasteiger partial charge in [0.15, 0.2) is 0 Å². The summed E-state index contributed by atoms with van der Waals surface area (Å²) in [5, 5.41) is 9.70. The van der Waals surface area contributed by atoms with E-state index in [0.29, 0.717) is 11.7 Å². The predicted octanol–water partition coefficient (Wildman–Crippen LogP) is 1.60. The van der Waals surface area contributed by atoms with Gasteiger partial charge in [0, 0.05) is 18.8 Å². The van der Waals surface area contributed by atoms with Crippen LogP contribution in [-0.4, -0.2) is 24.7 Å². The first-order valence-corrected chi connectivity index (χ1v) is 8.56. The molecule has 0 saturated heterocycles. The van der Waals surface area contributed by atoms with Gasteiger partial charge in [-0.15, -0.1) is 0 Å². The molecule has 1 aliphatic carbocycles. The molecule has 1 fully saturated rings. The first-order chi connectivity index (χ1) is 10.1. The van der Waals surface area contributed by atoms with Crippen molar-refractivity contribution in [2.45, 2.75) is 31.2 Å². The third kappa shape index (κ3) is 4.30. The van der Waals surface area contributed by atoms with Crippen molar-refractivity contribution in [3.8, 4) is 0 Å². The minimum absolute atomic E-state index is 0.0471. The van der Waals surface area contributed by atoms with Crippen molar-refractivity contribution in [1.29, 1.82) is 0 Å². The fourth-order valence-electron chi connectivity index (χ4n) is 2.04. The van der Waals surface area contributed by atoms with Gasteiger partial charge in [0.2, 0.25) is 10.0 Å². The fraction of sp³-hybridized carbons (Fsp3) is 0.357. The number of sulfonamides is 1. The molecule has 0 bridgehead atoms. The summed E-state index contributed by atoms with van der Waals surface area (Å²) in [5.74, 6) is -0.0471. The number of aromatic nitrogens is 2. The second-order valence-electron chi connectivity index (χ2n) is 5.32. The van der Waals surface area contributed by atoms with E-state index in [-0.39, 0.29) is 5.75 Å². The van der Waals surface area contributed by atoms with Crippen molar-refractivity contribution in [2.24, 2.45) is 0 Å². The van der Waals surface area contributed by atoms with Crippen LogP contribution >= 0.6 is 0 Å². The van der Waals surface area contributed by atoms with Gasteiger partial charge in [-0.05, 0) is 24.0 Å². The van der Waals surface area contributed by atoms with E-state index in [1.165, 1.54) is 30.8 Å². The Balaban J connectivity index is 1.58. The van der Waals surface area contributed by atoms with E-state index in [1.807, 2.05) is 24.3 Å². The Hall–Kier alpha value is -1.86. The number of hydrogen-bond acceptors (Lipinski definition) is 4. The minimum atomic E-state index is -3.41. The monoisotopic (exact) mass is 306 g/mol. The number of benzene rings is 1. The topological polar surface area (TPSA) is 86.9 Å². The quantitative estimate of drug-likeness (QED) is 0.725. The van der Waals surface area contributed by atoms with E-state index in [9.17, 15) is 8.42 Å². The molecule has 1 aromatic carbocycles. The van der Waals surface area contributed by atoms with Gasteiger partial charge in [0.25, 0.3) is 0 Å². The van der Waals surface area contributed by atoms with Gasteiger partial charge < -0.3 is 5.32 Å². The Morgan fingerprint density at radius 3 is 2.52 bits per heavy atom. The first-order valence-electron chi connectivity index (χ1n) is 6.91. The molecule has 6 nitrogen and oxygen atoms in total. The lowest BCUT2D eigenvalue weighted by molar-refractivity contribution is 0.600. The maximum Gasteiger partial charge on any atom is 0.237 e. The van der Waals surface area contributed by atoms with Crippen LogP contribution in [0.15, 0.2) is 36.7 Å². The summed E-state index contributed by atoms with van der Waals surface area (Å²) >= 11 is 0. The van der Waals surface area contributed by atoms with Gasteiger partial charge in [-0.25, -0.2) is 8.42 Å². The molecule has 3 rings (SSSR count). The molecule has 7 heteroatoms. The molecule has 1 saturated carbocycles. The second-order valence-corrected chi connectivity index (χ2v) is 7.04. The summed E-state index contributed by atoms with van der Waals surface area (Å²) in [7, 11) is -3.41. The van der Waals surface area contributed by atoms with Gasteiger partial charge >= 0.3 is 0 Å². The third-order valence-corrected chi connectivity index (χ3v) is 4.58. The number of rotatable bonds is 7. The molecule has 21 heavy (non-hydrogen) atoms. The highest BCUT2D eigenvalue weighted by molar-refractivity contribution is 7.91. The summed E-state index contributed by atoms with van der Waals surface area (Å²) in [6, 6.07) is 8.33. The first kappa shape index (κ1) is 14.1. The van der Waals surface area contributed by atoms with E-state index in [4.69, 9.17) is 0 Å². The Labute approximate surface area is 124 Å². The van der Waals surface area contributed by atoms with Crippen LogP contribution in [0.1, 0.15) is 24.0 Å². The van der Waals surface area contributed by atoms with Crippen molar-refractivity contribution in [2.75, 3.05) is 4.72 Å². The molecule has 2 aromatic rings. The standard InChI is InChI=1S/C14H18N4O2S/c19-21(20,18-14-8-16-17-9-14)10-12-3-1-11(2-4-12)7-15-13-5-6-13/h1-4,8-9,13,15,18H,5-7,10H2,(H,16,17). The molecule has 0 amide bonds. The van der Waals surface area contributed by atoms with Crippen molar-refractivity contribution >= 4 is 15.7 Å². The minimum Gasteiger partial charge on any atom is -0.310 e. The van der Waals surface area contributed by atoms with Gasteiger partial charge in [0.1, 0.15) is 0 Å². The van der Waals surface area contributed by atoms with Gasteiger partial charge in [0.05, 0.1) is 17.6 Å². The Morgan fingerprint density at radius 1 is 1.19 bits per heavy atom. The van der Waals surface area contributed by atoms with E-state index >= 15 is 0 Å². The molecule has 0 aliphatic heterocycles. The van der Waals surface area contributed by atoms with Crippen LogP contribution in [0.4, 0.5) is 5.69 Å². The zero-order valence-corrected chi connectivity index (χ0v) is 12.4. The average molecular weight is 306 g/mol. The molecule has 0 unspecified atom stereocenters. The SMILES string of the molecule is O=S(=O)(Cc1ccc(CNC2CC2)cc1)Nc1cn[nH]c1. The molecule has 1 aromatic heterocycles. The highest BCUT2D eigenvalue weighted by Gasteiger charge is 2.19. The number of H-pyrrole nitrogens is 1. The van der Waals surface area contributed by atoms with Crippen LogP contribution < -0.4 is 10.0 Å². The molecule has 1 heterocycles. The summed E-state index contributed by atoms with van der Waals surface area (Å²) in [6.07, 6.45) is 5.46. The summed E-state index contributed by atoms with van der Waals surface area (Å²) < 4.78 is 26.5. The zero-order valence-electron chi connectivity index (χ0n) is 11.5. The van der Waals surface area contributed by atoms with Gasteiger partial charge in [-0.3, -0.25) is 9.82 Å². The van der Waals surface area contributed by atoms with Crippen molar-refractivity contribution < 1.29 is 8.42 Å². The van der Waals surface area contributed by atoms with Crippen molar-refractivity contribution in [3.05, 3.63) is 47.8 Å². The second kappa shape index (κ2) is 5.87.